The van der Waals surface area contributed by atoms with E-state index in [1.165, 1.54) is 14.2 Å². The zero-order chi connectivity index (χ0) is 14.3. The van der Waals surface area contributed by atoms with Crippen LogP contribution in [0.3, 0.4) is 0 Å². The molecule has 0 saturated heterocycles. The maximum atomic E-state index is 12.1. The lowest BCUT2D eigenvalue weighted by Gasteiger charge is -2.14. The van der Waals surface area contributed by atoms with E-state index in [0.717, 1.165) is 0 Å². The number of nitrogens with one attached hydrogen (secondary N) is 1. The molecule has 0 heterocycles. The monoisotopic (exact) mass is 331 g/mol. The van der Waals surface area contributed by atoms with Crippen LogP contribution in [0.2, 0.25) is 0 Å². The Morgan fingerprint density at radius 2 is 2.05 bits per heavy atom. The summed E-state index contributed by atoms with van der Waals surface area (Å²) in [5.41, 5.74) is 0.443. The third-order valence-corrected chi connectivity index (χ3v) is 3.07. The maximum Gasteiger partial charge on any atom is 0.255 e. The van der Waals surface area contributed by atoms with E-state index in [1.807, 2.05) is 0 Å². The van der Waals surface area contributed by atoms with Gasteiger partial charge in [0.15, 0.2) is 11.5 Å². The van der Waals surface area contributed by atoms with Crippen molar-refractivity contribution >= 4 is 21.8 Å². The molecule has 0 aromatic heterocycles. The first-order valence-corrected chi connectivity index (χ1v) is 6.67. The van der Waals surface area contributed by atoms with Gasteiger partial charge >= 0.3 is 0 Å². The molecule has 0 aliphatic rings. The molecule has 106 valence electrons. The number of carbonyl (C=O) groups is 1. The van der Waals surface area contributed by atoms with Crippen LogP contribution in [0.5, 0.6) is 11.5 Å². The molecule has 1 atom stereocenters. The van der Waals surface area contributed by atoms with E-state index >= 15 is 0 Å². The number of amides is 1. The van der Waals surface area contributed by atoms with Gasteiger partial charge in [-0.05, 0) is 12.1 Å². The maximum absolute atomic E-state index is 12.1. The van der Waals surface area contributed by atoms with E-state index in [2.05, 4.69) is 21.2 Å². The second-order valence-electron chi connectivity index (χ2n) is 3.80. The van der Waals surface area contributed by atoms with Crippen LogP contribution < -0.4 is 14.8 Å². The van der Waals surface area contributed by atoms with Crippen LogP contribution in [0.15, 0.2) is 18.2 Å². The van der Waals surface area contributed by atoms with Gasteiger partial charge in [0.05, 0.1) is 31.2 Å². The first kappa shape index (κ1) is 15.8. The van der Waals surface area contributed by atoms with Crippen LogP contribution in [0.4, 0.5) is 0 Å². The summed E-state index contributed by atoms with van der Waals surface area (Å²) in [6, 6.07) is 5.18. The van der Waals surface area contributed by atoms with Crippen molar-refractivity contribution in [2.24, 2.45) is 0 Å². The Hall–Kier alpha value is -1.27. The molecule has 0 aliphatic carbocycles. The molecule has 6 heteroatoms. The first-order chi connectivity index (χ1) is 9.13. The summed E-state index contributed by atoms with van der Waals surface area (Å²) in [5, 5.41) is 2.81. The summed E-state index contributed by atoms with van der Waals surface area (Å²) in [4.78, 5) is 12.2. The third kappa shape index (κ3) is 4.40. The molecule has 1 aromatic carbocycles. The van der Waals surface area contributed by atoms with Crippen molar-refractivity contribution in [2.45, 2.75) is 4.83 Å². The Labute approximate surface area is 121 Å². The lowest BCUT2D eigenvalue weighted by molar-refractivity contribution is 0.0946. The standard InChI is InChI=1S/C13H18BrNO4/c1-17-8-9(14)7-15-13(16)10-5-4-6-11(18-2)12(10)19-3/h4-6,9H,7-8H2,1-3H3,(H,15,16). The van der Waals surface area contributed by atoms with Crippen molar-refractivity contribution in [3.8, 4) is 11.5 Å². The molecule has 1 aromatic rings. The van der Waals surface area contributed by atoms with Crippen LogP contribution >= 0.6 is 15.9 Å². The molecule has 0 aliphatic heterocycles. The van der Waals surface area contributed by atoms with E-state index in [4.69, 9.17) is 14.2 Å². The summed E-state index contributed by atoms with van der Waals surface area (Å²) in [7, 11) is 4.65. The number of carbonyl (C=O) groups excluding carboxylic acids is 1. The fourth-order valence-electron chi connectivity index (χ4n) is 1.60. The summed E-state index contributed by atoms with van der Waals surface area (Å²) in [6.45, 7) is 0.989. The lowest BCUT2D eigenvalue weighted by atomic mass is 10.1. The van der Waals surface area contributed by atoms with Gasteiger partial charge in [0, 0.05) is 13.7 Å². The summed E-state index contributed by atoms with van der Waals surface area (Å²) < 4.78 is 15.4. The Kier molecular flexibility index (Phi) is 6.66. The summed E-state index contributed by atoms with van der Waals surface area (Å²) in [5.74, 6) is 0.749. The number of para-hydroxylation sites is 1. The normalized spacial score (nSPS) is 11.8. The fraction of sp³-hybridized carbons (Fsp3) is 0.462. The molecule has 1 amide bonds. The quantitative estimate of drug-likeness (QED) is 0.774. The van der Waals surface area contributed by atoms with Crippen molar-refractivity contribution in [1.82, 2.24) is 5.32 Å². The number of halogens is 1. The molecule has 0 fully saturated rings. The average molecular weight is 332 g/mol. The molecule has 1 unspecified atom stereocenters. The highest BCUT2D eigenvalue weighted by atomic mass is 79.9. The SMILES string of the molecule is COCC(Br)CNC(=O)c1cccc(OC)c1OC. The van der Waals surface area contributed by atoms with Gasteiger partial charge in [0.2, 0.25) is 0 Å². The lowest BCUT2D eigenvalue weighted by Crippen LogP contribution is -2.31. The number of rotatable bonds is 7. The average Bonchev–Trinajstić information content (AvgIpc) is 2.44. The Morgan fingerprint density at radius 1 is 1.32 bits per heavy atom. The molecule has 0 saturated carbocycles. The molecule has 0 spiro atoms. The predicted molar refractivity (Wildman–Crippen MR) is 76.5 cm³/mol. The first-order valence-electron chi connectivity index (χ1n) is 5.76. The number of alkyl halides is 1. The fourth-order valence-corrected chi connectivity index (χ4v) is 2.03. The van der Waals surface area contributed by atoms with Crippen molar-refractivity contribution in [3.63, 3.8) is 0 Å². The predicted octanol–water partition coefficient (Wildman–Crippen LogP) is 1.84. The van der Waals surface area contributed by atoms with Gasteiger partial charge in [-0.15, -0.1) is 0 Å². The molecule has 1 rings (SSSR count). The number of hydrogen-bond donors (Lipinski definition) is 1. The van der Waals surface area contributed by atoms with Gasteiger partial charge < -0.3 is 19.5 Å². The van der Waals surface area contributed by atoms with E-state index < -0.39 is 0 Å². The van der Waals surface area contributed by atoms with Crippen LogP contribution in [0, 0.1) is 0 Å². The highest BCUT2D eigenvalue weighted by Gasteiger charge is 2.16. The van der Waals surface area contributed by atoms with Crippen LogP contribution in [0.1, 0.15) is 10.4 Å². The minimum absolute atomic E-state index is 0.0676. The second kappa shape index (κ2) is 8.01. The Balaban J connectivity index is 2.76. The number of hydrogen-bond acceptors (Lipinski definition) is 4. The molecular formula is C13H18BrNO4. The van der Waals surface area contributed by atoms with E-state index in [-0.39, 0.29) is 10.7 Å². The molecule has 0 bridgehead atoms. The van der Waals surface area contributed by atoms with Gasteiger partial charge in [-0.3, -0.25) is 4.79 Å². The van der Waals surface area contributed by atoms with E-state index in [9.17, 15) is 4.79 Å². The second-order valence-corrected chi connectivity index (χ2v) is 5.10. The number of ether oxygens (including phenoxy) is 3. The van der Waals surface area contributed by atoms with Gasteiger partial charge in [-0.2, -0.15) is 0 Å². The molecule has 0 radical (unpaired) electrons. The zero-order valence-corrected chi connectivity index (χ0v) is 12.8. The van der Waals surface area contributed by atoms with Crippen molar-refractivity contribution < 1.29 is 19.0 Å². The third-order valence-electron chi connectivity index (χ3n) is 2.48. The largest absolute Gasteiger partial charge is 0.493 e. The Morgan fingerprint density at radius 3 is 2.63 bits per heavy atom. The summed E-state index contributed by atoms with van der Waals surface area (Å²) in [6.07, 6.45) is 0. The van der Waals surface area contributed by atoms with Gasteiger partial charge in [0.1, 0.15) is 0 Å². The highest BCUT2D eigenvalue weighted by Crippen LogP contribution is 2.30. The van der Waals surface area contributed by atoms with Crippen LogP contribution in [-0.2, 0) is 4.74 Å². The topological polar surface area (TPSA) is 56.8 Å². The molecule has 19 heavy (non-hydrogen) atoms. The van der Waals surface area contributed by atoms with Crippen molar-refractivity contribution in [1.29, 1.82) is 0 Å². The summed E-state index contributed by atoms with van der Waals surface area (Å²) >= 11 is 3.41. The molecule has 1 N–H and O–H groups in total. The van der Waals surface area contributed by atoms with Crippen LogP contribution in [-0.4, -0.2) is 45.2 Å². The van der Waals surface area contributed by atoms with Crippen LogP contribution in [0.25, 0.3) is 0 Å². The van der Waals surface area contributed by atoms with E-state index in [0.29, 0.717) is 30.2 Å². The highest BCUT2D eigenvalue weighted by molar-refractivity contribution is 9.09. The van der Waals surface area contributed by atoms with Gasteiger partial charge in [0.25, 0.3) is 5.91 Å². The number of methoxy groups -OCH3 is 3. The molecular weight excluding hydrogens is 314 g/mol. The number of benzene rings is 1. The smallest absolute Gasteiger partial charge is 0.255 e. The minimum atomic E-state index is -0.212. The van der Waals surface area contributed by atoms with Gasteiger partial charge in [-0.25, -0.2) is 0 Å². The van der Waals surface area contributed by atoms with Crippen molar-refractivity contribution in [2.75, 3.05) is 34.5 Å². The van der Waals surface area contributed by atoms with Crippen molar-refractivity contribution in [3.05, 3.63) is 23.8 Å². The minimum Gasteiger partial charge on any atom is -0.493 e. The zero-order valence-electron chi connectivity index (χ0n) is 11.2. The molecule has 5 nitrogen and oxygen atoms in total. The Bertz CT molecular complexity index is 425. The van der Waals surface area contributed by atoms with Gasteiger partial charge in [-0.1, -0.05) is 22.0 Å². The van der Waals surface area contributed by atoms with E-state index in [1.54, 1.807) is 25.3 Å².